The highest BCUT2D eigenvalue weighted by Crippen LogP contribution is 2.18. The Bertz CT molecular complexity index is 618. The third-order valence-corrected chi connectivity index (χ3v) is 3.94. The van der Waals surface area contributed by atoms with Crippen LogP contribution in [-0.4, -0.2) is 5.78 Å². The lowest BCUT2D eigenvalue weighted by molar-refractivity contribution is 0.0982. The Morgan fingerprint density at radius 2 is 1.55 bits per heavy atom. The topological polar surface area (TPSA) is 17.1 Å². The second kappa shape index (κ2) is 6.04. The maximum absolute atomic E-state index is 12.4. The van der Waals surface area contributed by atoms with Crippen molar-refractivity contribution in [2.75, 3.05) is 0 Å². The minimum Gasteiger partial charge on any atom is -0.294 e. The minimum atomic E-state index is 0.244. The molecule has 0 radical (unpaired) electrons. The first-order valence-electron chi connectivity index (χ1n) is 7.14. The molecule has 0 heterocycles. The van der Waals surface area contributed by atoms with Crippen LogP contribution in [0.3, 0.4) is 0 Å². The molecule has 0 saturated heterocycles. The van der Waals surface area contributed by atoms with Gasteiger partial charge in [-0.25, -0.2) is 0 Å². The molecule has 0 N–H and O–H groups in total. The summed E-state index contributed by atoms with van der Waals surface area (Å²) < 4.78 is 0. The van der Waals surface area contributed by atoms with Crippen LogP contribution in [0.15, 0.2) is 36.4 Å². The summed E-state index contributed by atoms with van der Waals surface area (Å²) >= 11 is 0. The zero-order chi connectivity index (χ0) is 14.7. The number of Topliss-reactive ketones (excluding diaryl/α,β-unsaturated/α-hetero) is 1. The first kappa shape index (κ1) is 14.5. The summed E-state index contributed by atoms with van der Waals surface area (Å²) in [5.41, 5.74) is 6.95. The molecule has 0 aliphatic rings. The molecule has 0 spiro atoms. The van der Waals surface area contributed by atoms with Gasteiger partial charge in [-0.15, -0.1) is 0 Å². The first-order chi connectivity index (χ1) is 9.49. The van der Waals surface area contributed by atoms with Crippen LogP contribution in [-0.2, 0) is 6.42 Å². The van der Waals surface area contributed by atoms with E-state index in [0.717, 1.165) is 23.1 Å². The van der Waals surface area contributed by atoms with Gasteiger partial charge in [0, 0.05) is 12.0 Å². The highest BCUT2D eigenvalue weighted by molar-refractivity contribution is 5.97. The van der Waals surface area contributed by atoms with Crippen LogP contribution in [0.1, 0.15) is 44.6 Å². The third kappa shape index (κ3) is 3.16. The molecule has 2 aromatic carbocycles. The average molecular weight is 266 g/mol. The molecule has 0 amide bonds. The van der Waals surface area contributed by atoms with Crippen molar-refractivity contribution in [3.8, 4) is 0 Å². The lowest BCUT2D eigenvalue weighted by Crippen LogP contribution is -2.05. The summed E-state index contributed by atoms with van der Waals surface area (Å²) in [7, 11) is 0. The second-order valence-corrected chi connectivity index (χ2v) is 5.61. The number of ketones is 1. The number of hydrogen-bond acceptors (Lipinski definition) is 1. The predicted octanol–water partition coefficient (Wildman–Crippen LogP) is 4.74. The van der Waals surface area contributed by atoms with Gasteiger partial charge in [-0.05, 0) is 62.4 Å². The van der Waals surface area contributed by atoms with E-state index in [1.807, 2.05) is 26.0 Å². The molecule has 0 unspecified atom stereocenters. The Balaban J connectivity index is 2.15. The quantitative estimate of drug-likeness (QED) is 0.731. The molecule has 0 atom stereocenters. The van der Waals surface area contributed by atoms with E-state index in [9.17, 15) is 4.79 Å². The van der Waals surface area contributed by atoms with Crippen molar-refractivity contribution >= 4 is 5.78 Å². The Hall–Kier alpha value is -1.89. The monoisotopic (exact) mass is 266 g/mol. The molecule has 0 bridgehead atoms. The van der Waals surface area contributed by atoms with Crippen molar-refractivity contribution in [1.82, 2.24) is 0 Å². The van der Waals surface area contributed by atoms with E-state index < -0.39 is 0 Å². The highest BCUT2D eigenvalue weighted by atomic mass is 16.1. The Kier molecular flexibility index (Phi) is 4.39. The molecular weight excluding hydrogens is 244 g/mol. The van der Waals surface area contributed by atoms with Crippen molar-refractivity contribution in [2.24, 2.45) is 0 Å². The molecule has 0 saturated carbocycles. The molecule has 104 valence electrons. The average Bonchev–Trinajstić information content (AvgIpc) is 2.40. The normalized spacial score (nSPS) is 10.6. The van der Waals surface area contributed by atoms with Gasteiger partial charge in [0.2, 0.25) is 0 Å². The van der Waals surface area contributed by atoms with Crippen molar-refractivity contribution < 1.29 is 4.79 Å². The Morgan fingerprint density at radius 1 is 0.900 bits per heavy atom. The number of rotatable bonds is 4. The molecule has 1 heteroatoms. The largest absolute Gasteiger partial charge is 0.294 e. The predicted molar refractivity (Wildman–Crippen MR) is 84.5 cm³/mol. The van der Waals surface area contributed by atoms with Crippen LogP contribution in [0.25, 0.3) is 0 Å². The van der Waals surface area contributed by atoms with E-state index in [-0.39, 0.29) is 5.78 Å². The number of benzene rings is 2. The molecule has 0 aliphatic carbocycles. The molecule has 0 aromatic heterocycles. The van der Waals surface area contributed by atoms with Gasteiger partial charge in [0.25, 0.3) is 0 Å². The fourth-order valence-corrected chi connectivity index (χ4v) is 2.65. The second-order valence-electron chi connectivity index (χ2n) is 5.61. The van der Waals surface area contributed by atoms with Crippen LogP contribution >= 0.6 is 0 Å². The number of carbonyl (C=O) groups is 1. The van der Waals surface area contributed by atoms with Crippen LogP contribution in [0.2, 0.25) is 0 Å². The van der Waals surface area contributed by atoms with Gasteiger partial charge >= 0.3 is 0 Å². The summed E-state index contributed by atoms with van der Waals surface area (Å²) in [4.78, 5) is 12.4. The van der Waals surface area contributed by atoms with Crippen LogP contribution < -0.4 is 0 Å². The molecule has 20 heavy (non-hydrogen) atoms. The minimum absolute atomic E-state index is 0.244. The summed E-state index contributed by atoms with van der Waals surface area (Å²) in [6.45, 7) is 8.27. The van der Waals surface area contributed by atoms with Gasteiger partial charge in [0.15, 0.2) is 5.78 Å². The summed E-state index contributed by atoms with van der Waals surface area (Å²) in [5, 5.41) is 0. The van der Waals surface area contributed by atoms with E-state index in [4.69, 9.17) is 0 Å². The fourth-order valence-electron chi connectivity index (χ4n) is 2.65. The smallest absolute Gasteiger partial charge is 0.163 e. The zero-order valence-corrected chi connectivity index (χ0v) is 12.8. The van der Waals surface area contributed by atoms with E-state index >= 15 is 0 Å². The lowest BCUT2D eigenvalue weighted by Gasteiger charge is -2.10. The number of hydrogen-bond donors (Lipinski definition) is 0. The Morgan fingerprint density at radius 3 is 2.20 bits per heavy atom. The van der Waals surface area contributed by atoms with Gasteiger partial charge in [0.05, 0.1) is 0 Å². The van der Waals surface area contributed by atoms with Crippen molar-refractivity contribution in [1.29, 1.82) is 0 Å². The molecular formula is C19H22O. The van der Waals surface area contributed by atoms with Gasteiger partial charge in [0.1, 0.15) is 0 Å². The van der Waals surface area contributed by atoms with Gasteiger partial charge in [-0.1, -0.05) is 35.9 Å². The maximum Gasteiger partial charge on any atom is 0.163 e. The van der Waals surface area contributed by atoms with Crippen molar-refractivity contribution in [3.05, 3.63) is 69.8 Å². The van der Waals surface area contributed by atoms with Crippen LogP contribution in [0, 0.1) is 27.7 Å². The van der Waals surface area contributed by atoms with Gasteiger partial charge < -0.3 is 0 Å². The highest BCUT2D eigenvalue weighted by Gasteiger charge is 2.11. The summed E-state index contributed by atoms with van der Waals surface area (Å²) in [6, 6.07) is 12.4. The fraction of sp³-hybridized carbons (Fsp3) is 0.316. The van der Waals surface area contributed by atoms with Gasteiger partial charge in [-0.3, -0.25) is 4.79 Å². The van der Waals surface area contributed by atoms with Crippen molar-refractivity contribution in [3.63, 3.8) is 0 Å². The zero-order valence-electron chi connectivity index (χ0n) is 12.8. The first-order valence-corrected chi connectivity index (χ1v) is 7.14. The van der Waals surface area contributed by atoms with E-state index in [1.54, 1.807) is 0 Å². The molecule has 0 aliphatic heterocycles. The number of aryl methyl sites for hydroxylation is 4. The number of carbonyl (C=O) groups excluding carboxylic acids is 1. The van der Waals surface area contributed by atoms with Crippen LogP contribution in [0.4, 0.5) is 0 Å². The molecule has 0 fully saturated rings. The van der Waals surface area contributed by atoms with E-state index in [1.165, 1.54) is 16.7 Å². The maximum atomic E-state index is 12.4. The van der Waals surface area contributed by atoms with Gasteiger partial charge in [-0.2, -0.15) is 0 Å². The standard InChI is InChI=1S/C19H22O/c1-13-8-9-16(4)18(12-13)19(20)11-10-17-14(2)6-5-7-15(17)3/h5-9,12H,10-11H2,1-4H3. The molecule has 2 aromatic rings. The SMILES string of the molecule is Cc1ccc(C)c(C(=O)CCc2c(C)cccc2C)c1. The van der Waals surface area contributed by atoms with E-state index in [2.05, 4.69) is 38.1 Å². The Labute approximate surface area is 121 Å². The summed E-state index contributed by atoms with van der Waals surface area (Å²) in [6.07, 6.45) is 1.40. The van der Waals surface area contributed by atoms with Crippen LogP contribution in [0.5, 0.6) is 0 Å². The molecule has 2 rings (SSSR count). The van der Waals surface area contributed by atoms with Crippen molar-refractivity contribution in [2.45, 2.75) is 40.5 Å². The summed E-state index contributed by atoms with van der Waals surface area (Å²) in [5.74, 6) is 0.244. The van der Waals surface area contributed by atoms with E-state index in [0.29, 0.717) is 6.42 Å². The third-order valence-electron chi connectivity index (χ3n) is 3.94. The lowest BCUT2D eigenvalue weighted by atomic mass is 9.94. The molecule has 1 nitrogen and oxygen atoms in total.